The molecule has 0 aromatic heterocycles. The number of alkyl halides is 3. The molecular formula is C14H18F3NO3S. The average molecular weight is 337 g/mol. The standard InChI is InChI=1S/C14H18F3NO3S/c1-22-6-3-8(12(20)21)18-9-7-13(4-2-5-13)10(9)11(19)14(15,16)17/h8,18H,2-7H2,1H3,(H,20,21). The van der Waals surface area contributed by atoms with Gasteiger partial charge in [0.2, 0.25) is 0 Å². The van der Waals surface area contributed by atoms with Crippen LogP contribution in [0.3, 0.4) is 0 Å². The van der Waals surface area contributed by atoms with Crippen LogP contribution in [0.2, 0.25) is 0 Å². The van der Waals surface area contributed by atoms with Crippen molar-refractivity contribution in [3.63, 3.8) is 0 Å². The molecule has 4 nitrogen and oxygen atoms in total. The lowest BCUT2D eigenvalue weighted by Gasteiger charge is -2.52. The monoisotopic (exact) mass is 337 g/mol. The summed E-state index contributed by atoms with van der Waals surface area (Å²) in [6.07, 6.45) is -0.521. The molecule has 0 heterocycles. The van der Waals surface area contributed by atoms with E-state index in [0.717, 1.165) is 6.42 Å². The van der Waals surface area contributed by atoms with Crippen molar-refractivity contribution in [2.24, 2.45) is 5.41 Å². The Morgan fingerprint density at radius 2 is 2.05 bits per heavy atom. The molecule has 0 saturated heterocycles. The predicted molar refractivity (Wildman–Crippen MR) is 76.5 cm³/mol. The number of Topliss-reactive ketones (excluding diaryl/α,β-unsaturated/α-hetero) is 1. The fourth-order valence-corrected chi connectivity index (χ4v) is 3.58. The molecule has 2 aliphatic carbocycles. The van der Waals surface area contributed by atoms with Gasteiger partial charge in [0.15, 0.2) is 0 Å². The van der Waals surface area contributed by atoms with E-state index in [1.54, 1.807) is 0 Å². The first kappa shape index (κ1) is 17.2. The number of ketones is 1. The lowest BCUT2D eigenvalue weighted by atomic mass is 9.53. The second kappa shape index (κ2) is 6.14. The van der Waals surface area contributed by atoms with Gasteiger partial charge in [-0.2, -0.15) is 24.9 Å². The smallest absolute Gasteiger partial charge is 0.454 e. The van der Waals surface area contributed by atoms with Crippen LogP contribution in [0, 0.1) is 5.41 Å². The van der Waals surface area contributed by atoms with Crippen LogP contribution in [0.5, 0.6) is 0 Å². The van der Waals surface area contributed by atoms with Crippen molar-refractivity contribution in [1.29, 1.82) is 0 Å². The van der Waals surface area contributed by atoms with Gasteiger partial charge in [0, 0.05) is 16.7 Å². The molecule has 8 heteroatoms. The van der Waals surface area contributed by atoms with Gasteiger partial charge in [0.25, 0.3) is 5.78 Å². The van der Waals surface area contributed by atoms with Crippen molar-refractivity contribution in [1.82, 2.24) is 5.32 Å². The highest BCUT2D eigenvalue weighted by molar-refractivity contribution is 7.98. The Balaban J connectivity index is 2.20. The molecule has 0 aliphatic heterocycles. The Bertz CT molecular complexity index is 512. The van der Waals surface area contributed by atoms with E-state index < -0.39 is 29.4 Å². The molecule has 22 heavy (non-hydrogen) atoms. The largest absolute Gasteiger partial charge is 0.480 e. The third kappa shape index (κ3) is 3.11. The van der Waals surface area contributed by atoms with Gasteiger partial charge in [-0.3, -0.25) is 4.79 Å². The van der Waals surface area contributed by atoms with Crippen molar-refractivity contribution < 1.29 is 27.9 Å². The van der Waals surface area contributed by atoms with E-state index in [0.29, 0.717) is 31.4 Å². The number of thioether (sulfide) groups is 1. The van der Waals surface area contributed by atoms with E-state index >= 15 is 0 Å². The van der Waals surface area contributed by atoms with Crippen LogP contribution in [0.1, 0.15) is 32.1 Å². The number of nitrogens with one attached hydrogen (secondary N) is 1. The topological polar surface area (TPSA) is 66.4 Å². The quantitative estimate of drug-likeness (QED) is 0.748. The highest BCUT2D eigenvalue weighted by Gasteiger charge is 2.57. The van der Waals surface area contributed by atoms with Crippen molar-refractivity contribution in [3.8, 4) is 0 Å². The Morgan fingerprint density at radius 3 is 2.45 bits per heavy atom. The molecule has 0 radical (unpaired) electrons. The maximum absolute atomic E-state index is 12.8. The van der Waals surface area contributed by atoms with Gasteiger partial charge < -0.3 is 10.4 Å². The molecule has 1 saturated carbocycles. The number of carbonyl (C=O) groups is 2. The van der Waals surface area contributed by atoms with E-state index in [1.165, 1.54) is 11.8 Å². The number of carboxylic acids is 1. The highest BCUT2D eigenvalue weighted by Crippen LogP contribution is 2.60. The summed E-state index contributed by atoms with van der Waals surface area (Å²) in [4.78, 5) is 22.9. The van der Waals surface area contributed by atoms with Crippen LogP contribution < -0.4 is 5.32 Å². The molecule has 2 N–H and O–H groups in total. The number of hydrogen-bond acceptors (Lipinski definition) is 4. The summed E-state index contributed by atoms with van der Waals surface area (Å²) in [5, 5.41) is 11.8. The normalized spacial score (nSPS) is 21.1. The van der Waals surface area contributed by atoms with Crippen molar-refractivity contribution in [2.45, 2.75) is 44.3 Å². The Labute approximate surface area is 130 Å². The lowest BCUT2D eigenvalue weighted by Crippen LogP contribution is -2.52. The lowest BCUT2D eigenvalue weighted by molar-refractivity contribution is -0.169. The molecule has 2 aliphatic rings. The Kier molecular flexibility index (Phi) is 4.79. The molecule has 0 aromatic carbocycles. The summed E-state index contributed by atoms with van der Waals surface area (Å²) in [7, 11) is 0. The summed E-state index contributed by atoms with van der Waals surface area (Å²) < 4.78 is 38.3. The van der Waals surface area contributed by atoms with Gasteiger partial charge in [0.1, 0.15) is 6.04 Å². The summed E-state index contributed by atoms with van der Waals surface area (Å²) in [6, 6.07) is -0.962. The Hall–Kier alpha value is -1.18. The van der Waals surface area contributed by atoms with Crippen LogP contribution in [0.15, 0.2) is 11.3 Å². The first-order valence-corrected chi connectivity index (χ1v) is 8.44. The van der Waals surface area contributed by atoms with Crippen molar-refractivity contribution in [2.75, 3.05) is 12.0 Å². The third-order valence-corrected chi connectivity index (χ3v) is 5.04. The van der Waals surface area contributed by atoms with E-state index in [-0.39, 0.29) is 11.3 Å². The minimum atomic E-state index is -4.91. The van der Waals surface area contributed by atoms with Gasteiger partial charge in [-0.05, 0) is 37.7 Å². The van der Waals surface area contributed by atoms with E-state index in [4.69, 9.17) is 5.11 Å². The summed E-state index contributed by atoms with van der Waals surface area (Å²) in [5.41, 5.74) is -0.741. The van der Waals surface area contributed by atoms with E-state index in [9.17, 15) is 22.8 Å². The van der Waals surface area contributed by atoms with E-state index in [1.807, 2.05) is 6.26 Å². The minimum absolute atomic E-state index is 0.163. The fourth-order valence-electron chi connectivity index (χ4n) is 3.11. The fraction of sp³-hybridized carbons (Fsp3) is 0.714. The second-order valence-corrected chi connectivity index (χ2v) is 6.79. The van der Waals surface area contributed by atoms with Gasteiger partial charge in [0.05, 0.1) is 0 Å². The van der Waals surface area contributed by atoms with Crippen LogP contribution in [-0.2, 0) is 9.59 Å². The number of halogens is 3. The first-order chi connectivity index (χ1) is 10.2. The van der Waals surface area contributed by atoms with Crippen LogP contribution in [-0.4, -0.2) is 41.1 Å². The number of hydrogen-bond donors (Lipinski definition) is 2. The van der Waals surface area contributed by atoms with Crippen LogP contribution in [0.25, 0.3) is 0 Å². The van der Waals surface area contributed by atoms with Gasteiger partial charge >= 0.3 is 12.1 Å². The average Bonchev–Trinajstić information content (AvgIpc) is 2.33. The Morgan fingerprint density at radius 1 is 1.41 bits per heavy atom. The number of allylic oxidation sites excluding steroid dienone is 2. The zero-order valence-electron chi connectivity index (χ0n) is 12.1. The van der Waals surface area contributed by atoms with Gasteiger partial charge in [-0.1, -0.05) is 6.42 Å². The minimum Gasteiger partial charge on any atom is -0.480 e. The molecular weight excluding hydrogens is 319 g/mol. The number of carboxylic acid groups (broad SMARTS) is 1. The first-order valence-electron chi connectivity index (χ1n) is 7.05. The zero-order chi connectivity index (χ0) is 16.5. The zero-order valence-corrected chi connectivity index (χ0v) is 12.9. The van der Waals surface area contributed by atoms with Gasteiger partial charge in [-0.15, -0.1) is 0 Å². The molecule has 0 aromatic rings. The molecule has 0 bridgehead atoms. The van der Waals surface area contributed by atoms with Crippen LogP contribution >= 0.6 is 11.8 Å². The van der Waals surface area contributed by atoms with Crippen molar-refractivity contribution in [3.05, 3.63) is 11.3 Å². The van der Waals surface area contributed by atoms with E-state index in [2.05, 4.69) is 5.32 Å². The number of aliphatic carboxylic acids is 1. The molecule has 1 atom stereocenters. The molecule has 0 amide bonds. The molecule has 1 unspecified atom stereocenters. The molecule has 1 fully saturated rings. The molecule has 1 spiro atoms. The number of carbonyl (C=O) groups excluding carboxylic acids is 1. The molecule has 2 rings (SSSR count). The molecule has 124 valence electrons. The highest BCUT2D eigenvalue weighted by atomic mass is 32.2. The van der Waals surface area contributed by atoms with Crippen LogP contribution in [0.4, 0.5) is 13.2 Å². The summed E-state index contributed by atoms with van der Waals surface area (Å²) >= 11 is 1.46. The maximum Gasteiger partial charge on any atom is 0.454 e. The predicted octanol–water partition coefficient (Wildman–Crippen LogP) is 2.74. The van der Waals surface area contributed by atoms with Crippen molar-refractivity contribution >= 4 is 23.5 Å². The maximum atomic E-state index is 12.8. The summed E-state index contributed by atoms with van der Waals surface area (Å²) in [5.74, 6) is -2.37. The summed E-state index contributed by atoms with van der Waals surface area (Å²) in [6.45, 7) is 0. The number of rotatable bonds is 7. The second-order valence-electron chi connectivity index (χ2n) is 5.81. The third-order valence-electron chi connectivity index (χ3n) is 4.40. The van der Waals surface area contributed by atoms with Gasteiger partial charge in [-0.25, -0.2) is 4.79 Å². The SMILES string of the molecule is CSCCC(NC1=C(C(=O)C(F)(F)F)C2(CCC2)C1)C(=O)O.